The zero-order valence-electron chi connectivity index (χ0n) is 9.26. The second-order valence-corrected chi connectivity index (χ2v) is 4.74. The number of nitrogens with zero attached hydrogens (tertiary/aromatic N) is 1. The summed E-state index contributed by atoms with van der Waals surface area (Å²) in [6.07, 6.45) is 3.97. The maximum absolute atomic E-state index is 5.67. The zero-order valence-corrected chi connectivity index (χ0v) is 10.8. The van der Waals surface area contributed by atoms with Crippen LogP contribution < -0.4 is 11.1 Å². The molecule has 0 radical (unpaired) electrons. The summed E-state index contributed by atoms with van der Waals surface area (Å²) < 4.78 is 1.02. The van der Waals surface area contributed by atoms with Crippen molar-refractivity contribution in [1.29, 1.82) is 0 Å². The van der Waals surface area contributed by atoms with Gasteiger partial charge < -0.3 is 11.1 Å². The van der Waals surface area contributed by atoms with Crippen molar-refractivity contribution in [2.75, 3.05) is 11.9 Å². The van der Waals surface area contributed by atoms with Gasteiger partial charge in [-0.1, -0.05) is 0 Å². The molecule has 0 spiro atoms. The molecule has 0 aliphatic heterocycles. The van der Waals surface area contributed by atoms with Crippen LogP contribution in [0.25, 0.3) is 0 Å². The van der Waals surface area contributed by atoms with Gasteiger partial charge in [0.05, 0.1) is 4.47 Å². The molecule has 0 aromatic carbocycles. The van der Waals surface area contributed by atoms with Crippen molar-refractivity contribution in [1.82, 2.24) is 4.98 Å². The highest BCUT2D eigenvalue weighted by atomic mass is 79.9. The third kappa shape index (κ3) is 4.62. The van der Waals surface area contributed by atoms with Crippen LogP contribution in [0.3, 0.4) is 0 Å². The lowest BCUT2D eigenvalue weighted by Gasteiger charge is -2.09. The van der Waals surface area contributed by atoms with Crippen molar-refractivity contribution in [3.05, 3.63) is 22.3 Å². The molecular weight excluding hydrogens is 254 g/mol. The van der Waals surface area contributed by atoms with E-state index >= 15 is 0 Å². The normalized spacial score (nSPS) is 12.5. The summed E-state index contributed by atoms with van der Waals surface area (Å²) in [6, 6.07) is 2.34. The summed E-state index contributed by atoms with van der Waals surface area (Å²) in [7, 11) is 0. The predicted octanol–water partition coefficient (Wildman–Crippen LogP) is 2.69. The Hall–Kier alpha value is -0.610. The lowest BCUT2D eigenvalue weighted by Crippen LogP contribution is -2.16. The Bertz CT molecular complexity index is 313. The van der Waals surface area contributed by atoms with Crippen molar-refractivity contribution in [3.8, 4) is 0 Å². The molecular formula is C11H18BrN3. The summed E-state index contributed by atoms with van der Waals surface area (Å²) >= 11 is 3.48. The quantitative estimate of drug-likeness (QED) is 0.810. The third-order valence-corrected chi connectivity index (χ3v) is 2.71. The molecule has 1 aromatic heterocycles. The lowest BCUT2D eigenvalue weighted by atomic mass is 10.2. The largest absolute Gasteiger partial charge is 0.369 e. The number of aryl methyl sites for hydroxylation is 1. The van der Waals surface area contributed by atoms with Crippen LogP contribution in [0.1, 0.15) is 25.3 Å². The van der Waals surface area contributed by atoms with E-state index in [1.54, 1.807) is 0 Å². The van der Waals surface area contributed by atoms with Crippen molar-refractivity contribution in [2.24, 2.45) is 5.73 Å². The molecule has 0 saturated heterocycles. The first-order chi connectivity index (χ1) is 7.09. The lowest BCUT2D eigenvalue weighted by molar-refractivity contribution is 0.639. The minimum Gasteiger partial charge on any atom is -0.369 e. The molecule has 0 aliphatic carbocycles. The summed E-state index contributed by atoms with van der Waals surface area (Å²) in [5.41, 5.74) is 6.82. The van der Waals surface area contributed by atoms with Gasteiger partial charge in [0.15, 0.2) is 0 Å². The number of hydrogen-bond donors (Lipinski definition) is 2. The summed E-state index contributed by atoms with van der Waals surface area (Å²) in [6.45, 7) is 4.97. The number of anilines is 1. The number of nitrogens with one attached hydrogen (secondary N) is 1. The molecule has 3 nitrogen and oxygen atoms in total. The van der Waals surface area contributed by atoms with Gasteiger partial charge in [-0.05, 0) is 54.2 Å². The van der Waals surface area contributed by atoms with Crippen molar-refractivity contribution >= 4 is 21.7 Å². The van der Waals surface area contributed by atoms with Gasteiger partial charge in [-0.2, -0.15) is 0 Å². The minimum atomic E-state index is 0.279. The predicted molar refractivity (Wildman–Crippen MR) is 68.0 cm³/mol. The van der Waals surface area contributed by atoms with E-state index in [-0.39, 0.29) is 6.04 Å². The molecule has 0 fully saturated rings. The molecule has 1 atom stereocenters. The van der Waals surface area contributed by atoms with Crippen LogP contribution in [0, 0.1) is 6.92 Å². The van der Waals surface area contributed by atoms with Gasteiger partial charge in [-0.15, -0.1) is 0 Å². The molecule has 84 valence electrons. The van der Waals surface area contributed by atoms with E-state index < -0.39 is 0 Å². The highest BCUT2D eigenvalue weighted by Crippen LogP contribution is 2.20. The molecule has 1 rings (SSSR count). The summed E-state index contributed by atoms with van der Waals surface area (Å²) in [5.74, 6) is 0.908. The zero-order chi connectivity index (χ0) is 11.3. The fraction of sp³-hybridized carbons (Fsp3) is 0.545. The molecule has 3 N–H and O–H groups in total. The average Bonchev–Trinajstić information content (AvgIpc) is 2.14. The minimum absolute atomic E-state index is 0.279. The van der Waals surface area contributed by atoms with Gasteiger partial charge in [0.1, 0.15) is 5.82 Å². The van der Waals surface area contributed by atoms with E-state index in [0.717, 1.165) is 35.2 Å². The number of aromatic nitrogens is 1. The van der Waals surface area contributed by atoms with Crippen molar-refractivity contribution in [2.45, 2.75) is 32.7 Å². The molecule has 1 heterocycles. The molecule has 0 bridgehead atoms. The van der Waals surface area contributed by atoms with Crippen LogP contribution in [0.4, 0.5) is 5.82 Å². The first kappa shape index (κ1) is 12.5. The standard InChI is InChI=1S/C11H18BrN3/c1-8-6-10(12)11(15-7-8)14-5-3-4-9(2)13/h6-7,9H,3-5,13H2,1-2H3,(H,14,15). The second kappa shape index (κ2) is 6.08. The Balaban J connectivity index is 2.37. The number of halogens is 1. The topological polar surface area (TPSA) is 50.9 Å². The Labute approximate surface area is 99.6 Å². The van der Waals surface area contributed by atoms with Gasteiger partial charge >= 0.3 is 0 Å². The van der Waals surface area contributed by atoms with E-state index in [1.165, 1.54) is 0 Å². The summed E-state index contributed by atoms with van der Waals surface area (Å²) in [5, 5.41) is 3.28. The van der Waals surface area contributed by atoms with E-state index in [0.29, 0.717) is 0 Å². The first-order valence-electron chi connectivity index (χ1n) is 5.21. The van der Waals surface area contributed by atoms with Crippen LogP contribution in [0.2, 0.25) is 0 Å². The highest BCUT2D eigenvalue weighted by Gasteiger charge is 2.00. The Morgan fingerprint density at radius 1 is 1.60 bits per heavy atom. The average molecular weight is 272 g/mol. The van der Waals surface area contributed by atoms with Crippen LogP contribution >= 0.6 is 15.9 Å². The van der Waals surface area contributed by atoms with Crippen LogP contribution in [0.5, 0.6) is 0 Å². The summed E-state index contributed by atoms with van der Waals surface area (Å²) in [4.78, 5) is 4.31. The number of pyridine rings is 1. The van der Waals surface area contributed by atoms with Crippen molar-refractivity contribution < 1.29 is 0 Å². The number of nitrogens with two attached hydrogens (primary N) is 1. The smallest absolute Gasteiger partial charge is 0.140 e. The highest BCUT2D eigenvalue weighted by molar-refractivity contribution is 9.10. The van der Waals surface area contributed by atoms with Gasteiger partial charge in [-0.3, -0.25) is 0 Å². The SMILES string of the molecule is Cc1cnc(NCCCC(C)N)c(Br)c1. The van der Waals surface area contributed by atoms with Crippen LogP contribution in [-0.4, -0.2) is 17.6 Å². The maximum atomic E-state index is 5.67. The van der Waals surface area contributed by atoms with Gasteiger partial charge in [0, 0.05) is 18.8 Å². The number of rotatable bonds is 5. The maximum Gasteiger partial charge on any atom is 0.140 e. The second-order valence-electron chi connectivity index (χ2n) is 3.89. The Kier molecular flexibility index (Phi) is 5.05. The van der Waals surface area contributed by atoms with Gasteiger partial charge in [0.25, 0.3) is 0 Å². The fourth-order valence-electron chi connectivity index (χ4n) is 1.29. The third-order valence-electron chi connectivity index (χ3n) is 2.11. The van der Waals surface area contributed by atoms with E-state index in [4.69, 9.17) is 5.73 Å². The van der Waals surface area contributed by atoms with Crippen LogP contribution in [0.15, 0.2) is 16.7 Å². The van der Waals surface area contributed by atoms with E-state index in [2.05, 4.69) is 32.3 Å². The van der Waals surface area contributed by atoms with E-state index in [9.17, 15) is 0 Å². The molecule has 0 aliphatic rings. The van der Waals surface area contributed by atoms with Crippen molar-refractivity contribution in [3.63, 3.8) is 0 Å². The van der Waals surface area contributed by atoms with Gasteiger partial charge in [0.2, 0.25) is 0 Å². The fourth-order valence-corrected chi connectivity index (χ4v) is 1.90. The van der Waals surface area contributed by atoms with E-state index in [1.807, 2.05) is 20.0 Å². The Morgan fingerprint density at radius 3 is 2.93 bits per heavy atom. The first-order valence-corrected chi connectivity index (χ1v) is 6.00. The van der Waals surface area contributed by atoms with Crippen LogP contribution in [-0.2, 0) is 0 Å². The van der Waals surface area contributed by atoms with Gasteiger partial charge in [-0.25, -0.2) is 4.98 Å². The molecule has 0 saturated carbocycles. The molecule has 1 unspecified atom stereocenters. The molecule has 1 aromatic rings. The molecule has 4 heteroatoms. The molecule has 0 amide bonds. The monoisotopic (exact) mass is 271 g/mol. The Morgan fingerprint density at radius 2 is 2.33 bits per heavy atom. The number of hydrogen-bond acceptors (Lipinski definition) is 3. The molecule has 15 heavy (non-hydrogen) atoms.